The lowest BCUT2D eigenvalue weighted by Crippen LogP contribution is -2.32. The Bertz CT molecular complexity index is 506. The molecule has 20 heavy (non-hydrogen) atoms. The van der Waals surface area contributed by atoms with Crippen molar-refractivity contribution in [3.8, 4) is 0 Å². The molecule has 1 saturated heterocycles. The number of carboxylic acid groups (broad SMARTS) is 1. The number of amides is 1. The predicted octanol–water partition coefficient (Wildman–Crippen LogP) is 2.58. The van der Waals surface area contributed by atoms with Gasteiger partial charge in [-0.05, 0) is 23.6 Å². The van der Waals surface area contributed by atoms with Crippen LogP contribution >= 0.6 is 15.9 Å². The van der Waals surface area contributed by atoms with E-state index in [1.165, 1.54) is 24.3 Å². The zero-order valence-corrected chi connectivity index (χ0v) is 12.3. The van der Waals surface area contributed by atoms with Crippen molar-refractivity contribution in [1.29, 1.82) is 0 Å². The van der Waals surface area contributed by atoms with Gasteiger partial charge in [0.05, 0.1) is 12.5 Å². The van der Waals surface area contributed by atoms with Crippen molar-refractivity contribution in [2.75, 3.05) is 11.9 Å². The molecule has 1 aliphatic heterocycles. The molecule has 1 amide bonds. The first-order valence-electron chi connectivity index (χ1n) is 6.34. The fraction of sp³-hybridized carbons (Fsp3) is 0.429. The number of hydrogen-bond donors (Lipinski definition) is 1. The SMILES string of the molecule is O=C(O)CC(c1ccc(F)cc1)N1CC(CBr)CC1=O. The number of rotatable bonds is 5. The van der Waals surface area contributed by atoms with Gasteiger partial charge in [0.15, 0.2) is 0 Å². The van der Waals surface area contributed by atoms with Gasteiger partial charge >= 0.3 is 5.97 Å². The molecule has 0 saturated carbocycles. The minimum atomic E-state index is -0.977. The number of likely N-dealkylation sites (tertiary alicyclic amines) is 1. The van der Waals surface area contributed by atoms with E-state index < -0.39 is 12.0 Å². The lowest BCUT2D eigenvalue weighted by Gasteiger charge is -2.27. The van der Waals surface area contributed by atoms with Crippen LogP contribution in [0.4, 0.5) is 4.39 Å². The van der Waals surface area contributed by atoms with Gasteiger partial charge in [-0.1, -0.05) is 28.1 Å². The molecular weight excluding hydrogens is 329 g/mol. The van der Waals surface area contributed by atoms with Crippen LogP contribution in [0.1, 0.15) is 24.4 Å². The monoisotopic (exact) mass is 343 g/mol. The van der Waals surface area contributed by atoms with E-state index in [1.54, 1.807) is 4.90 Å². The molecule has 1 aliphatic rings. The second-order valence-corrected chi connectivity index (χ2v) is 5.58. The molecule has 2 unspecified atom stereocenters. The van der Waals surface area contributed by atoms with E-state index in [4.69, 9.17) is 5.11 Å². The third-order valence-electron chi connectivity index (χ3n) is 3.46. The van der Waals surface area contributed by atoms with E-state index in [0.717, 1.165) is 0 Å². The molecule has 1 fully saturated rings. The summed E-state index contributed by atoms with van der Waals surface area (Å²) >= 11 is 3.35. The summed E-state index contributed by atoms with van der Waals surface area (Å²) in [6.45, 7) is 0.527. The summed E-state index contributed by atoms with van der Waals surface area (Å²) in [7, 11) is 0. The Labute approximate surface area is 124 Å². The number of hydrogen-bond acceptors (Lipinski definition) is 2. The Hall–Kier alpha value is -1.43. The number of carbonyl (C=O) groups excluding carboxylic acids is 1. The average molecular weight is 344 g/mol. The van der Waals surface area contributed by atoms with Gasteiger partial charge < -0.3 is 10.0 Å². The molecule has 0 spiro atoms. The van der Waals surface area contributed by atoms with Crippen LogP contribution in [-0.4, -0.2) is 33.8 Å². The van der Waals surface area contributed by atoms with Crippen LogP contribution in [0.5, 0.6) is 0 Å². The first kappa shape index (κ1) is 15.0. The second kappa shape index (κ2) is 6.35. The summed E-state index contributed by atoms with van der Waals surface area (Å²) in [5.74, 6) is -1.22. The molecule has 108 valence electrons. The van der Waals surface area contributed by atoms with Crippen LogP contribution in [-0.2, 0) is 9.59 Å². The van der Waals surface area contributed by atoms with Crippen molar-refractivity contribution in [3.63, 3.8) is 0 Å². The average Bonchev–Trinajstić information content (AvgIpc) is 2.78. The highest BCUT2D eigenvalue weighted by molar-refractivity contribution is 9.09. The van der Waals surface area contributed by atoms with Crippen molar-refractivity contribution < 1.29 is 19.1 Å². The summed E-state index contributed by atoms with van der Waals surface area (Å²) < 4.78 is 13.0. The Morgan fingerprint density at radius 3 is 2.60 bits per heavy atom. The van der Waals surface area contributed by atoms with E-state index in [9.17, 15) is 14.0 Å². The maximum Gasteiger partial charge on any atom is 0.305 e. The summed E-state index contributed by atoms with van der Waals surface area (Å²) in [5, 5.41) is 9.75. The number of alkyl halides is 1. The third kappa shape index (κ3) is 3.36. The lowest BCUT2D eigenvalue weighted by molar-refractivity contribution is -0.139. The first-order chi connectivity index (χ1) is 9.51. The molecule has 0 aromatic heterocycles. The van der Waals surface area contributed by atoms with Crippen LogP contribution in [0.2, 0.25) is 0 Å². The standard InChI is InChI=1S/C14H15BrFNO3/c15-7-9-5-13(18)17(8-9)12(6-14(19)20)10-1-3-11(16)4-2-10/h1-4,9,12H,5-8H2,(H,19,20). The number of carbonyl (C=O) groups is 2. The zero-order valence-electron chi connectivity index (χ0n) is 10.8. The van der Waals surface area contributed by atoms with E-state index >= 15 is 0 Å². The van der Waals surface area contributed by atoms with Gasteiger partial charge in [-0.2, -0.15) is 0 Å². The number of nitrogens with zero attached hydrogens (tertiary/aromatic N) is 1. The molecule has 6 heteroatoms. The fourth-order valence-electron chi connectivity index (χ4n) is 2.47. The number of aliphatic carboxylic acids is 1. The maximum atomic E-state index is 13.0. The number of carboxylic acids is 1. The molecule has 1 heterocycles. The summed E-state index contributed by atoms with van der Waals surface area (Å²) in [4.78, 5) is 24.7. The summed E-state index contributed by atoms with van der Waals surface area (Å²) in [5.41, 5.74) is 0.650. The number of benzene rings is 1. The van der Waals surface area contributed by atoms with Gasteiger partial charge in [0.1, 0.15) is 5.82 Å². The zero-order chi connectivity index (χ0) is 14.7. The molecule has 4 nitrogen and oxygen atoms in total. The highest BCUT2D eigenvalue weighted by Gasteiger charge is 2.35. The molecule has 1 aromatic carbocycles. The summed E-state index contributed by atoms with van der Waals surface area (Å²) in [6.07, 6.45) is 0.245. The Morgan fingerprint density at radius 2 is 2.10 bits per heavy atom. The van der Waals surface area contributed by atoms with Crippen LogP contribution in [0, 0.1) is 11.7 Å². The van der Waals surface area contributed by atoms with Gasteiger partial charge in [-0.3, -0.25) is 9.59 Å². The minimum Gasteiger partial charge on any atom is -0.481 e. The Morgan fingerprint density at radius 1 is 1.45 bits per heavy atom. The van der Waals surface area contributed by atoms with Crippen LogP contribution < -0.4 is 0 Å². The Kier molecular flexibility index (Phi) is 4.75. The Balaban J connectivity index is 2.26. The quantitative estimate of drug-likeness (QED) is 0.836. The van der Waals surface area contributed by atoms with Crippen molar-refractivity contribution in [1.82, 2.24) is 4.90 Å². The molecule has 2 atom stereocenters. The number of halogens is 2. The smallest absolute Gasteiger partial charge is 0.305 e. The highest BCUT2D eigenvalue weighted by atomic mass is 79.9. The van der Waals surface area contributed by atoms with Gasteiger partial charge in [0.25, 0.3) is 0 Å². The fourth-order valence-corrected chi connectivity index (χ4v) is 2.91. The van der Waals surface area contributed by atoms with E-state index in [0.29, 0.717) is 23.9 Å². The third-order valence-corrected chi connectivity index (χ3v) is 4.37. The van der Waals surface area contributed by atoms with Crippen molar-refractivity contribution in [2.45, 2.75) is 18.9 Å². The second-order valence-electron chi connectivity index (χ2n) is 4.94. The molecular formula is C14H15BrFNO3. The topological polar surface area (TPSA) is 57.6 Å². The molecule has 0 bridgehead atoms. The van der Waals surface area contributed by atoms with Crippen LogP contribution in [0.3, 0.4) is 0 Å². The predicted molar refractivity (Wildman–Crippen MR) is 75.0 cm³/mol. The van der Waals surface area contributed by atoms with E-state index in [1.807, 2.05) is 0 Å². The maximum absolute atomic E-state index is 13.0. The van der Waals surface area contributed by atoms with E-state index in [-0.39, 0.29) is 24.1 Å². The van der Waals surface area contributed by atoms with Crippen molar-refractivity contribution >= 4 is 27.8 Å². The molecule has 1 aromatic rings. The van der Waals surface area contributed by atoms with Crippen LogP contribution in [0.25, 0.3) is 0 Å². The molecule has 2 rings (SSSR count). The van der Waals surface area contributed by atoms with Crippen molar-refractivity contribution in [3.05, 3.63) is 35.6 Å². The van der Waals surface area contributed by atoms with Gasteiger partial charge in [0, 0.05) is 18.3 Å². The van der Waals surface area contributed by atoms with Gasteiger partial charge in [-0.15, -0.1) is 0 Å². The van der Waals surface area contributed by atoms with Gasteiger partial charge in [-0.25, -0.2) is 4.39 Å². The van der Waals surface area contributed by atoms with Crippen molar-refractivity contribution in [2.24, 2.45) is 5.92 Å². The lowest BCUT2D eigenvalue weighted by atomic mass is 10.0. The highest BCUT2D eigenvalue weighted by Crippen LogP contribution is 2.31. The largest absolute Gasteiger partial charge is 0.481 e. The van der Waals surface area contributed by atoms with E-state index in [2.05, 4.69) is 15.9 Å². The molecule has 0 radical (unpaired) electrons. The minimum absolute atomic E-state index is 0.0509. The first-order valence-corrected chi connectivity index (χ1v) is 7.46. The normalized spacial score (nSPS) is 20.2. The van der Waals surface area contributed by atoms with Crippen LogP contribution in [0.15, 0.2) is 24.3 Å². The summed E-state index contributed by atoms with van der Waals surface area (Å²) in [6, 6.07) is 5.11. The molecule has 1 N–H and O–H groups in total. The van der Waals surface area contributed by atoms with Gasteiger partial charge in [0.2, 0.25) is 5.91 Å². The molecule has 0 aliphatic carbocycles.